The number of methoxy groups -OCH3 is 2. The van der Waals surface area contributed by atoms with Crippen molar-refractivity contribution in [2.75, 3.05) is 14.2 Å². The zero-order valence-corrected chi connectivity index (χ0v) is 6.92. The third kappa shape index (κ3) is 3.72. The number of rotatable bonds is 4. The molecule has 0 spiro atoms. The van der Waals surface area contributed by atoms with Crippen molar-refractivity contribution >= 4 is 11.8 Å². The molecule has 0 aliphatic heterocycles. The highest BCUT2D eigenvalue weighted by molar-refractivity contribution is 5.97. The molecule has 0 N–H and O–H groups in total. The fourth-order valence-electron chi connectivity index (χ4n) is 0.490. The molecule has 0 aromatic carbocycles. The first-order chi connectivity index (χ1) is 5.11. The topological polar surface area (TPSA) is 52.6 Å². The second kappa shape index (κ2) is 4.85. The summed E-state index contributed by atoms with van der Waals surface area (Å²) in [6, 6.07) is 0. The van der Waals surface area contributed by atoms with Crippen LogP contribution in [0.5, 0.6) is 0 Å². The molecule has 0 heterocycles. The van der Waals surface area contributed by atoms with Crippen molar-refractivity contribution in [1.29, 1.82) is 0 Å². The first kappa shape index (κ1) is 10.1. The molecule has 11 heavy (non-hydrogen) atoms. The second-order valence-corrected chi connectivity index (χ2v) is 2.10. The molecule has 0 saturated carbocycles. The minimum Gasteiger partial charge on any atom is -0.469 e. The molecule has 0 aliphatic rings. The summed E-state index contributed by atoms with van der Waals surface area (Å²) in [5.41, 5.74) is 0. The first-order valence-corrected chi connectivity index (χ1v) is 3.24. The van der Waals surface area contributed by atoms with Gasteiger partial charge in [-0.2, -0.15) is 0 Å². The van der Waals surface area contributed by atoms with E-state index in [4.69, 9.17) is 4.74 Å². The smallest absolute Gasteiger partial charge is 0.313 e. The zero-order valence-electron chi connectivity index (χ0n) is 6.92. The van der Waals surface area contributed by atoms with E-state index in [0.29, 0.717) is 0 Å². The van der Waals surface area contributed by atoms with Gasteiger partial charge in [-0.1, -0.05) is 0 Å². The number of ether oxygens (including phenoxy) is 2. The Labute approximate surface area is 65.5 Å². The fraction of sp³-hybridized carbons (Fsp3) is 0.714. The fourth-order valence-corrected chi connectivity index (χ4v) is 0.490. The lowest BCUT2D eigenvalue weighted by Gasteiger charge is -2.05. The maximum absolute atomic E-state index is 10.9. The Balaban J connectivity index is 3.77. The van der Waals surface area contributed by atoms with E-state index < -0.39 is 12.1 Å². The SMILES string of the molecule is COC(=O)CC(=O)C(C)OC. The Morgan fingerprint density at radius 1 is 1.36 bits per heavy atom. The minimum atomic E-state index is -0.533. The van der Waals surface area contributed by atoms with Gasteiger partial charge in [0.25, 0.3) is 0 Å². The molecule has 0 aliphatic carbocycles. The van der Waals surface area contributed by atoms with Crippen LogP contribution in [0.1, 0.15) is 13.3 Å². The molecule has 64 valence electrons. The number of Topliss-reactive ketones (excluding diaryl/α,β-unsaturated/α-hetero) is 1. The van der Waals surface area contributed by atoms with Crippen molar-refractivity contribution in [2.45, 2.75) is 19.4 Å². The average molecular weight is 160 g/mol. The summed E-state index contributed by atoms with van der Waals surface area (Å²) < 4.78 is 9.00. The van der Waals surface area contributed by atoms with Crippen LogP contribution in [0.4, 0.5) is 0 Å². The zero-order chi connectivity index (χ0) is 8.85. The molecule has 0 fully saturated rings. The lowest BCUT2D eigenvalue weighted by atomic mass is 10.2. The van der Waals surface area contributed by atoms with Crippen LogP contribution in [-0.4, -0.2) is 32.1 Å². The quantitative estimate of drug-likeness (QED) is 0.434. The highest BCUT2D eigenvalue weighted by Gasteiger charge is 2.15. The van der Waals surface area contributed by atoms with Crippen molar-refractivity contribution in [3.8, 4) is 0 Å². The standard InChI is InChI=1S/C7H12O4/c1-5(10-2)6(8)4-7(9)11-3/h5H,4H2,1-3H3. The van der Waals surface area contributed by atoms with E-state index in [1.807, 2.05) is 0 Å². The average Bonchev–Trinajstić information content (AvgIpc) is 2.02. The molecule has 0 bridgehead atoms. The molecule has 0 saturated heterocycles. The molecular weight excluding hydrogens is 148 g/mol. The maximum Gasteiger partial charge on any atom is 0.313 e. The van der Waals surface area contributed by atoms with Crippen molar-refractivity contribution in [2.24, 2.45) is 0 Å². The van der Waals surface area contributed by atoms with E-state index in [-0.39, 0.29) is 12.2 Å². The van der Waals surface area contributed by atoms with Crippen LogP contribution >= 0.6 is 0 Å². The number of esters is 1. The lowest BCUT2D eigenvalue weighted by Crippen LogP contribution is -2.22. The molecule has 4 heteroatoms. The summed E-state index contributed by atoms with van der Waals surface area (Å²) >= 11 is 0. The van der Waals surface area contributed by atoms with E-state index >= 15 is 0 Å². The Kier molecular flexibility index (Phi) is 4.45. The third-order valence-electron chi connectivity index (χ3n) is 1.35. The summed E-state index contributed by atoms with van der Waals surface area (Å²) in [6.07, 6.45) is -0.750. The number of hydrogen-bond acceptors (Lipinski definition) is 4. The van der Waals surface area contributed by atoms with Crippen LogP contribution in [0, 0.1) is 0 Å². The van der Waals surface area contributed by atoms with Gasteiger partial charge in [-0.25, -0.2) is 0 Å². The van der Waals surface area contributed by atoms with Crippen molar-refractivity contribution in [3.63, 3.8) is 0 Å². The summed E-state index contributed by atoms with van der Waals surface area (Å²) in [6.45, 7) is 1.59. The maximum atomic E-state index is 10.9. The van der Waals surface area contributed by atoms with E-state index in [2.05, 4.69) is 4.74 Å². The molecule has 1 atom stereocenters. The largest absolute Gasteiger partial charge is 0.469 e. The Bertz CT molecular complexity index is 153. The van der Waals surface area contributed by atoms with Gasteiger partial charge in [0.05, 0.1) is 7.11 Å². The van der Waals surface area contributed by atoms with Crippen LogP contribution in [-0.2, 0) is 19.1 Å². The lowest BCUT2D eigenvalue weighted by molar-refractivity contribution is -0.145. The number of carbonyl (C=O) groups is 2. The number of hydrogen-bond donors (Lipinski definition) is 0. The van der Waals surface area contributed by atoms with Crippen molar-refractivity contribution in [3.05, 3.63) is 0 Å². The monoisotopic (exact) mass is 160 g/mol. The molecule has 1 unspecified atom stereocenters. The highest BCUT2D eigenvalue weighted by Crippen LogP contribution is 1.95. The van der Waals surface area contributed by atoms with Crippen LogP contribution in [0.15, 0.2) is 0 Å². The van der Waals surface area contributed by atoms with E-state index in [1.165, 1.54) is 14.2 Å². The van der Waals surface area contributed by atoms with E-state index in [1.54, 1.807) is 6.92 Å². The van der Waals surface area contributed by atoms with Gasteiger partial charge in [-0.3, -0.25) is 9.59 Å². The van der Waals surface area contributed by atoms with Gasteiger partial charge in [0, 0.05) is 7.11 Å². The Hall–Kier alpha value is -0.900. The van der Waals surface area contributed by atoms with Crippen LogP contribution in [0.2, 0.25) is 0 Å². The normalized spacial score (nSPS) is 12.3. The van der Waals surface area contributed by atoms with Crippen molar-refractivity contribution in [1.82, 2.24) is 0 Å². The van der Waals surface area contributed by atoms with Gasteiger partial charge in [0.15, 0.2) is 5.78 Å². The molecular formula is C7H12O4. The summed E-state index contributed by atoms with van der Waals surface area (Å²) in [7, 11) is 2.66. The predicted octanol–water partition coefficient (Wildman–Crippen LogP) is 0.153. The van der Waals surface area contributed by atoms with Crippen LogP contribution in [0.3, 0.4) is 0 Å². The highest BCUT2D eigenvalue weighted by atomic mass is 16.5. The van der Waals surface area contributed by atoms with Gasteiger partial charge >= 0.3 is 5.97 Å². The molecule has 0 aromatic rings. The van der Waals surface area contributed by atoms with E-state index in [9.17, 15) is 9.59 Å². The molecule has 4 nitrogen and oxygen atoms in total. The Morgan fingerprint density at radius 3 is 2.27 bits per heavy atom. The summed E-state index contributed by atoms with van der Waals surface area (Å²) in [5.74, 6) is -0.793. The van der Waals surface area contributed by atoms with Gasteiger partial charge in [-0.15, -0.1) is 0 Å². The molecule has 0 radical (unpaired) electrons. The summed E-state index contributed by atoms with van der Waals surface area (Å²) in [5, 5.41) is 0. The van der Waals surface area contributed by atoms with Gasteiger partial charge in [0.2, 0.25) is 0 Å². The predicted molar refractivity (Wildman–Crippen MR) is 38.1 cm³/mol. The molecule has 0 rings (SSSR count). The van der Waals surface area contributed by atoms with Crippen molar-refractivity contribution < 1.29 is 19.1 Å². The number of ketones is 1. The van der Waals surface area contributed by atoms with Gasteiger partial charge < -0.3 is 9.47 Å². The first-order valence-electron chi connectivity index (χ1n) is 3.24. The van der Waals surface area contributed by atoms with Crippen LogP contribution in [0.25, 0.3) is 0 Å². The molecule has 0 amide bonds. The van der Waals surface area contributed by atoms with E-state index in [0.717, 1.165) is 0 Å². The third-order valence-corrected chi connectivity index (χ3v) is 1.35. The molecule has 0 aromatic heterocycles. The van der Waals surface area contributed by atoms with Crippen LogP contribution < -0.4 is 0 Å². The number of carbonyl (C=O) groups excluding carboxylic acids is 2. The summed E-state index contributed by atoms with van der Waals surface area (Å²) in [4.78, 5) is 21.5. The minimum absolute atomic E-state index is 0.217. The second-order valence-electron chi connectivity index (χ2n) is 2.10. The van der Waals surface area contributed by atoms with Gasteiger partial charge in [-0.05, 0) is 6.92 Å². The Morgan fingerprint density at radius 2 is 1.91 bits per heavy atom. The van der Waals surface area contributed by atoms with Gasteiger partial charge in [0.1, 0.15) is 12.5 Å².